The van der Waals surface area contributed by atoms with Gasteiger partial charge in [0.05, 0.1) is 12.7 Å². The lowest BCUT2D eigenvalue weighted by atomic mass is 10.3. The molecule has 0 radical (unpaired) electrons. The SMILES string of the molecule is C=C(C)C(=O)OCC(C)OCC(C)OC(=O)C(C)Br. The Morgan fingerprint density at radius 2 is 1.74 bits per heavy atom. The number of alkyl halides is 1. The second-order valence-corrected chi connectivity index (χ2v) is 5.76. The van der Waals surface area contributed by atoms with Crippen LogP contribution in [0.5, 0.6) is 0 Å². The average molecular weight is 337 g/mol. The Kier molecular flexibility index (Phi) is 8.67. The lowest BCUT2D eigenvalue weighted by Gasteiger charge is -2.18. The van der Waals surface area contributed by atoms with E-state index in [9.17, 15) is 9.59 Å². The van der Waals surface area contributed by atoms with E-state index in [2.05, 4.69) is 22.5 Å². The smallest absolute Gasteiger partial charge is 0.333 e. The predicted molar refractivity (Wildman–Crippen MR) is 75.1 cm³/mol. The van der Waals surface area contributed by atoms with Crippen LogP contribution in [0.4, 0.5) is 0 Å². The largest absolute Gasteiger partial charge is 0.460 e. The molecule has 19 heavy (non-hydrogen) atoms. The van der Waals surface area contributed by atoms with Crippen molar-refractivity contribution in [1.82, 2.24) is 0 Å². The molecule has 0 heterocycles. The summed E-state index contributed by atoms with van der Waals surface area (Å²) in [6, 6.07) is 0. The zero-order valence-electron chi connectivity index (χ0n) is 11.8. The standard InChI is InChI=1S/C13H21BrO5/c1-8(2)12(15)18-6-9(3)17-7-10(4)19-13(16)11(5)14/h9-11H,1,6-7H2,2-5H3. The number of hydrogen-bond donors (Lipinski definition) is 0. The zero-order valence-corrected chi connectivity index (χ0v) is 13.4. The maximum atomic E-state index is 11.3. The van der Waals surface area contributed by atoms with E-state index in [0.29, 0.717) is 5.57 Å². The molecule has 0 aliphatic carbocycles. The minimum Gasteiger partial charge on any atom is -0.460 e. The van der Waals surface area contributed by atoms with Gasteiger partial charge in [-0.3, -0.25) is 4.79 Å². The highest BCUT2D eigenvalue weighted by molar-refractivity contribution is 9.10. The number of carbonyl (C=O) groups is 2. The van der Waals surface area contributed by atoms with E-state index >= 15 is 0 Å². The fourth-order valence-corrected chi connectivity index (χ4v) is 1.10. The maximum Gasteiger partial charge on any atom is 0.333 e. The van der Waals surface area contributed by atoms with Crippen LogP contribution in [0.3, 0.4) is 0 Å². The van der Waals surface area contributed by atoms with Crippen LogP contribution in [-0.4, -0.2) is 42.2 Å². The summed E-state index contributed by atoms with van der Waals surface area (Å²) in [5.74, 6) is -0.777. The lowest BCUT2D eigenvalue weighted by Crippen LogP contribution is -2.28. The highest BCUT2D eigenvalue weighted by Crippen LogP contribution is 2.05. The van der Waals surface area contributed by atoms with Gasteiger partial charge in [0.1, 0.15) is 17.5 Å². The third-order valence-electron chi connectivity index (χ3n) is 2.06. The monoisotopic (exact) mass is 336 g/mol. The summed E-state index contributed by atoms with van der Waals surface area (Å²) in [4.78, 5) is 22.1. The Hall–Kier alpha value is -0.880. The normalized spacial score (nSPS) is 15.2. The summed E-state index contributed by atoms with van der Waals surface area (Å²) in [6.45, 7) is 10.6. The Balaban J connectivity index is 3.84. The molecule has 0 fully saturated rings. The highest BCUT2D eigenvalue weighted by atomic mass is 79.9. The van der Waals surface area contributed by atoms with E-state index in [1.165, 1.54) is 0 Å². The van der Waals surface area contributed by atoms with Gasteiger partial charge in [-0.1, -0.05) is 22.5 Å². The van der Waals surface area contributed by atoms with Gasteiger partial charge in [0.2, 0.25) is 0 Å². The molecule has 0 aliphatic heterocycles. The number of halogens is 1. The van der Waals surface area contributed by atoms with Gasteiger partial charge in [0.15, 0.2) is 0 Å². The van der Waals surface area contributed by atoms with Crippen LogP contribution < -0.4 is 0 Å². The van der Waals surface area contributed by atoms with E-state index in [1.807, 2.05) is 0 Å². The minimum absolute atomic E-state index is 0.140. The molecule has 0 N–H and O–H groups in total. The van der Waals surface area contributed by atoms with Gasteiger partial charge < -0.3 is 14.2 Å². The third kappa shape index (κ3) is 8.77. The summed E-state index contributed by atoms with van der Waals surface area (Å²) in [5.41, 5.74) is 0.348. The molecule has 0 bridgehead atoms. The van der Waals surface area contributed by atoms with Crippen molar-refractivity contribution in [2.24, 2.45) is 0 Å². The van der Waals surface area contributed by atoms with Gasteiger partial charge in [0, 0.05) is 5.57 Å². The summed E-state index contributed by atoms with van der Waals surface area (Å²) < 4.78 is 15.4. The maximum absolute atomic E-state index is 11.3. The molecule has 0 saturated heterocycles. The molecule has 5 nitrogen and oxygen atoms in total. The number of esters is 2. The van der Waals surface area contributed by atoms with Crippen molar-refractivity contribution in [2.45, 2.75) is 44.7 Å². The van der Waals surface area contributed by atoms with Crippen molar-refractivity contribution in [3.05, 3.63) is 12.2 Å². The molecular formula is C13H21BrO5. The number of hydrogen-bond acceptors (Lipinski definition) is 5. The number of rotatable bonds is 8. The molecule has 3 unspecified atom stereocenters. The topological polar surface area (TPSA) is 61.8 Å². The van der Waals surface area contributed by atoms with Crippen LogP contribution in [0.15, 0.2) is 12.2 Å². The van der Waals surface area contributed by atoms with Crippen LogP contribution in [0.2, 0.25) is 0 Å². The van der Waals surface area contributed by atoms with Crippen LogP contribution >= 0.6 is 15.9 Å². The molecule has 0 aliphatic rings. The van der Waals surface area contributed by atoms with Crippen molar-refractivity contribution >= 4 is 27.9 Å². The average Bonchev–Trinajstić information content (AvgIpc) is 2.32. The summed E-state index contributed by atoms with van der Waals surface area (Å²) in [7, 11) is 0. The predicted octanol–water partition coefficient (Wildman–Crippen LogP) is 2.23. The molecule has 0 rings (SSSR count). The summed E-state index contributed by atoms with van der Waals surface area (Å²) in [6.07, 6.45) is -0.627. The Morgan fingerprint density at radius 3 is 2.21 bits per heavy atom. The van der Waals surface area contributed by atoms with Gasteiger partial charge in [-0.15, -0.1) is 0 Å². The Morgan fingerprint density at radius 1 is 1.16 bits per heavy atom. The van der Waals surface area contributed by atoms with Crippen molar-refractivity contribution in [3.8, 4) is 0 Å². The first-order valence-electron chi connectivity index (χ1n) is 6.02. The number of carbonyl (C=O) groups excluding carboxylic acids is 2. The quantitative estimate of drug-likeness (QED) is 0.386. The van der Waals surface area contributed by atoms with Crippen molar-refractivity contribution in [3.63, 3.8) is 0 Å². The first-order chi connectivity index (χ1) is 8.73. The second-order valence-electron chi connectivity index (χ2n) is 4.39. The van der Waals surface area contributed by atoms with Gasteiger partial charge in [-0.2, -0.15) is 0 Å². The van der Waals surface area contributed by atoms with Gasteiger partial charge >= 0.3 is 11.9 Å². The fourth-order valence-electron chi connectivity index (χ4n) is 0.990. The lowest BCUT2D eigenvalue weighted by molar-refractivity contribution is -0.152. The van der Waals surface area contributed by atoms with Gasteiger partial charge in [0.25, 0.3) is 0 Å². The van der Waals surface area contributed by atoms with Crippen LogP contribution in [0.25, 0.3) is 0 Å². The molecular weight excluding hydrogens is 316 g/mol. The Bertz CT molecular complexity index is 327. The molecule has 0 saturated carbocycles. The van der Waals surface area contributed by atoms with E-state index in [1.54, 1.807) is 27.7 Å². The minimum atomic E-state index is -0.442. The zero-order chi connectivity index (χ0) is 15.0. The van der Waals surface area contributed by atoms with Crippen molar-refractivity contribution in [1.29, 1.82) is 0 Å². The first-order valence-corrected chi connectivity index (χ1v) is 6.94. The van der Waals surface area contributed by atoms with Gasteiger partial charge in [-0.25, -0.2) is 4.79 Å². The Labute approximate surface area is 122 Å². The van der Waals surface area contributed by atoms with Crippen molar-refractivity contribution in [2.75, 3.05) is 13.2 Å². The van der Waals surface area contributed by atoms with Crippen LogP contribution in [0.1, 0.15) is 27.7 Å². The molecule has 6 heteroatoms. The first kappa shape index (κ1) is 18.1. The van der Waals surface area contributed by atoms with Gasteiger partial charge in [-0.05, 0) is 27.7 Å². The molecule has 0 aromatic heterocycles. The molecule has 3 atom stereocenters. The van der Waals surface area contributed by atoms with E-state index < -0.39 is 5.97 Å². The second kappa shape index (κ2) is 9.09. The molecule has 0 amide bonds. The fraction of sp³-hybridized carbons (Fsp3) is 0.692. The summed E-state index contributed by atoms with van der Waals surface area (Å²) in [5, 5.41) is 0. The van der Waals surface area contributed by atoms with Crippen LogP contribution in [-0.2, 0) is 23.8 Å². The molecule has 110 valence electrons. The molecule has 0 spiro atoms. The third-order valence-corrected chi connectivity index (χ3v) is 2.43. The van der Waals surface area contributed by atoms with Crippen molar-refractivity contribution < 1.29 is 23.8 Å². The molecule has 0 aromatic carbocycles. The summed E-state index contributed by atoms with van der Waals surface area (Å²) >= 11 is 3.12. The van der Waals surface area contributed by atoms with E-state index in [4.69, 9.17) is 14.2 Å². The van der Waals surface area contributed by atoms with Crippen LogP contribution in [0, 0.1) is 0 Å². The highest BCUT2D eigenvalue weighted by Gasteiger charge is 2.16. The molecule has 0 aromatic rings. The van der Waals surface area contributed by atoms with E-state index in [-0.39, 0.29) is 36.2 Å². The number of ether oxygens (including phenoxy) is 3. The van der Waals surface area contributed by atoms with E-state index in [0.717, 1.165) is 0 Å².